The summed E-state index contributed by atoms with van der Waals surface area (Å²) in [6, 6.07) is 26.7. The molecule has 23 fully saturated rings. The third-order valence-electron chi connectivity index (χ3n) is 39.5. The van der Waals surface area contributed by atoms with Crippen molar-refractivity contribution in [1.29, 1.82) is 0 Å². The average Bonchev–Trinajstić information content (AvgIpc) is 1.23. The minimum atomic E-state index is 0. The van der Waals surface area contributed by atoms with Crippen molar-refractivity contribution < 1.29 is 0 Å². The highest BCUT2D eigenvalue weighted by molar-refractivity contribution is 8.01. The van der Waals surface area contributed by atoms with Gasteiger partial charge in [-0.2, -0.15) is 23.5 Å². The Hall–Kier alpha value is -2.52. The second-order valence-corrected chi connectivity index (χ2v) is 52.5. The minimum Gasteiger partial charge on any atom is -0.384 e. The number of para-hydroxylation sites is 2. The van der Waals surface area contributed by atoms with Gasteiger partial charge in [-0.1, -0.05) is 260 Å². The Bertz CT molecular complexity index is 3460. The van der Waals surface area contributed by atoms with Gasteiger partial charge in [0.2, 0.25) is 0 Å². The molecule has 10 saturated carbocycles. The summed E-state index contributed by atoms with van der Waals surface area (Å²) < 4.78 is 1.26. The first-order chi connectivity index (χ1) is 66.0. The summed E-state index contributed by atoms with van der Waals surface area (Å²) in [6.45, 7) is 31.3. The molecule has 9 spiro atoms. The Morgan fingerprint density at radius 3 is 1.06 bits per heavy atom. The van der Waals surface area contributed by atoms with Crippen LogP contribution in [0, 0.1) is 57.7 Å². The van der Waals surface area contributed by atoms with E-state index in [9.17, 15) is 0 Å². The summed E-state index contributed by atoms with van der Waals surface area (Å²) in [7, 11) is 0. The van der Waals surface area contributed by atoms with E-state index >= 15 is 0 Å². The van der Waals surface area contributed by atoms with E-state index in [1.807, 2.05) is 0 Å². The Morgan fingerprint density at radius 1 is 0.248 bits per heavy atom. The highest BCUT2D eigenvalue weighted by Crippen LogP contribution is 2.54. The molecule has 16 heteroatoms. The molecule has 13 saturated heterocycles. The Kier molecular flexibility index (Phi) is 52.3. The fourth-order valence-electron chi connectivity index (χ4n) is 31.6. The lowest BCUT2D eigenvalue weighted by Crippen LogP contribution is -2.54. The molecule has 0 amide bonds. The predicted octanol–water partition coefficient (Wildman–Crippen LogP) is 27.4. The fourth-order valence-corrected chi connectivity index (χ4v) is 34.4. The van der Waals surface area contributed by atoms with Crippen molar-refractivity contribution in [2.75, 3.05) is 179 Å². The normalized spacial score (nSPS) is 30.4. The van der Waals surface area contributed by atoms with Crippen molar-refractivity contribution in [3.63, 3.8) is 0 Å². The minimum absolute atomic E-state index is 0. The summed E-state index contributed by atoms with van der Waals surface area (Å²) in [4.78, 5) is 2.69. The largest absolute Gasteiger partial charge is 0.384 e. The highest BCUT2D eigenvalue weighted by Gasteiger charge is 2.46. The smallest absolute Gasteiger partial charge is 0.0379 e. The monoisotopic (exact) mass is 1990 g/mol. The van der Waals surface area contributed by atoms with Crippen LogP contribution in [-0.4, -0.2) is 194 Å². The van der Waals surface area contributed by atoms with Gasteiger partial charge in [-0.25, -0.2) is 0 Å². The van der Waals surface area contributed by atoms with E-state index in [1.165, 1.54) is 486 Å². The molecule has 810 valence electrons. The van der Waals surface area contributed by atoms with E-state index in [-0.39, 0.29) is 52.0 Å². The fraction of sp³-hybridized carbons (Fsp3) is 0.856. The molecular weight excluding hydrogens is 1760 g/mol. The summed E-state index contributed by atoms with van der Waals surface area (Å²) in [6.07, 6.45) is 83.3. The van der Waals surface area contributed by atoms with Crippen molar-refractivity contribution in [2.24, 2.45) is 57.7 Å². The molecule has 2 atom stereocenters. The van der Waals surface area contributed by atoms with Crippen LogP contribution in [0.2, 0.25) is 0 Å². The number of hydrogen-bond donors (Lipinski definition) is 13. The SMILES string of the molecule is C.C.C.C.C.C.C.C1C2CC3CC1CN(C2)C3.C1CC2(CCN1)CNCCS2.C1CC2CNCC(C1)C2.C1CCC2(CC1)CCC2.C1CCC2(CC1)CCCC2.C1CCC2(CC1)CNCCS2.C1CCC2(CCNCC2)NC1.C1CNC2(C1)CCNCC2.C1NCC2CNCC1C2.c1ccc2c(c1)CC1(CCCCC1)CN2.c1ccc2c(c1)CNCC21CCCCC1.c1ccc2c(c1)NCC21CCCCC1. The van der Waals surface area contributed by atoms with Gasteiger partial charge in [0.05, 0.1) is 0 Å². The molecule has 13 N–H and O–H groups in total. The maximum atomic E-state index is 3.69. The molecule has 10 aliphatic carbocycles. The van der Waals surface area contributed by atoms with E-state index in [2.05, 4.69) is 170 Å². The van der Waals surface area contributed by atoms with E-state index in [4.69, 9.17) is 0 Å². The van der Waals surface area contributed by atoms with Crippen LogP contribution in [-0.2, 0) is 23.8 Å². The molecular formula is C125H228N14S2. The number of nitrogens with one attached hydrogen (secondary N) is 13. The lowest BCUT2D eigenvalue weighted by atomic mass is 9.61. The van der Waals surface area contributed by atoms with Gasteiger partial charge in [0.25, 0.3) is 0 Å². The van der Waals surface area contributed by atoms with Crippen molar-refractivity contribution >= 4 is 34.9 Å². The summed E-state index contributed by atoms with van der Waals surface area (Å²) in [5.74, 6) is 9.88. The number of benzene rings is 3. The predicted molar refractivity (Wildman–Crippen MR) is 624 cm³/mol. The molecule has 2 unspecified atom stereocenters. The lowest BCUT2D eigenvalue weighted by molar-refractivity contribution is -0.0169. The third kappa shape index (κ3) is 35.0. The molecule has 3 aromatic carbocycles. The van der Waals surface area contributed by atoms with Crippen LogP contribution in [0.1, 0.15) is 434 Å². The van der Waals surface area contributed by atoms with Gasteiger partial charge in [-0.3, -0.25) is 0 Å². The highest BCUT2D eigenvalue weighted by atomic mass is 32.2. The maximum absolute atomic E-state index is 3.69. The van der Waals surface area contributed by atoms with Crippen LogP contribution in [0.3, 0.4) is 0 Å². The molecule has 29 rings (SSSR count). The van der Waals surface area contributed by atoms with Crippen LogP contribution in [0.5, 0.6) is 0 Å². The first-order valence-electron chi connectivity index (χ1n) is 58.6. The number of nitrogens with zero attached hydrogens (tertiary/aromatic N) is 1. The Balaban J connectivity index is 0.000000158. The first-order valence-corrected chi connectivity index (χ1v) is 60.6. The molecule has 0 aromatic heterocycles. The second kappa shape index (κ2) is 61.2. The molecule has 16 aliphatic heterocycles. The molecule has 8 bridgehead atoms. The van der Waals surface area contributed by atoms with Crippen LogP contribution in [0.25, 0.3) is 0 Å². The third-order valence-corrected chi connectivity index (χ3v) is 42.6. The van der Waals surface area contributed by atoms with E-state index in [1.54, 1.807) is 81.8 Å². The molecule has 0 radical (unpaired) electrons. The van der Waals surface area contributed by atoms with Crippen LogP contribution < -0.4 is 69.1 Å². The summed E-state index contributed by atoms with van der Waals surface area (Å²) >= 11 is 4.41. The van der Waals surface area contributed by atoms with Gasteiger partial charge < -0.3 is 74.0 Å². The molecule has 3 aromatic rings. The van der Waals surface area contributed by atoms with Crippen LogP contribution >= 0.6 is 23.5 Å². The van der Waals surface area contributed by atoms with Crippen molar-refractivity contribution in [2.45, 2.75) is 456 Å². The standard InChI is InChI=1S/2C14H19N.C13H17N.C10H18.C9H18N2.C9H17NS.C9H15N.C9H16.C8H16N2S.C8H16N2.C8H15N.C7H14N2.7CH4/c1-4-8-14(9-5-1)11-15-10-12-6-2-3-7-13(12)14;1-4-8-14(9-5-1)10-12-6-2-3-7-13(12)15-11-14;1-4-8-13(9-5-1)10-14-12-7-3-2-6-11(12)13;1-2-6-10(7-3-1)8-4-5-9-10;1-2-6-11-9(3-1)4-7-10-8-5-9;1-2-4-9(5-3-1)8-10-6-7-11-9;1-7-2-9-3-8(1)5-10(4-7)6-9;1-2-5-9(6-3-1)7-4-8-9;1-3-9-4-2-8(1)7-10-5-6-11-8;1-2-8(10-5-1)3-6-9-7-4-8;1-2-7-4-8(3-1)6-9-5-7;1-6-2-8-4-7(1)5-9-3-6;;;;;;;/h2*2-3,6-7,15H,1,4-5,8-11H2;2-3,6-7,14H,1,4-5,8-10H2;1-9H2;10-11H,1-8H2;10H,1-8H2;7-9H,1-6H2;1-8H2;9-10H,1-7H2;9-10H,1-7H2;7-9H,1-6H2;6-9H,1-5H2;7*1H4. The maximum Gasteiger partial charge on any atom is 0.0379 e. The topological polar surface area (TPSA) is 160 Å². The number of thioether (sulfide) groups is 2. The quantitative estimate of drug-likeness (QED) is 0.103. The van der Waals surface area contributed by atoms with Gasteiger partial charge >= 0.3 is 0 Å². The number of fused-ring (bicyclic) bond motifs is 9. The number of anilines is 2. The van der Waals surface area contributed by atoms with Crippen LogP contribution in [0.4, 0.5) is 11.4 Å². The molecule has 141 heavy (non-hydrogen) atoms. The van der Waals surface area contributed by atoms with Crippen molar-refractivity contribution in [3.05, 3.63) is 95.1 Å². The molecule has 26 aliphatic rings. The van der Waals surface area contributed by atoms with Gasteiger partial charge in [0, 0.05) is 126 Å². The van der Waals surface area contributed by atoms with Gasteiger partial charge in [0.15, 0.2) is 0 Å². The van der Waals surface area contributed by atoms with E-state index < -0.39 is 0 Å². The lowest BCUT2D eigenvalue weighted by Gasteiger charge is -2.51. The van der Waals surface area contributed by atoms with Crippen molar-refractivity contribution in [3.8, 4) is 0 Å². The zero-order valence-electron chi connectivity index (χ0n) is 85.6. The van der Waals surface area contributed by atoms with E-state index in [0.717, 1.165) is 58.8 Å². The van der Waals surface area contributed by atoms with Crippen LogP contribution in [0.15, 0.2) is 72.8 Å². The number of rotatable bonds is 0. The number of piperidine rings is 10. The van der Waals surface area contributed by atoms with Gasteiger partial charge in [0.1, 0.15) is 0 Å². The van der Waals surface area contributed by atoms with E-state index in [0.29, 0.717) is 36.8 Å². The Labute approximate surface area is 880 Å². The van der Waals surface area contributed by atoms with Gasteiger partial charge in [-0.05, 0) is 402 Å². The number of hydrogen-bond acceptors (Lipinski definition) is 16. The summed E-state index contributed by atoms with van der Waals surface area (Å²) in [5.41, 5.74) is 13.5. The zero-order valence-corrected chi connectivity index (χ0v) is 87.3. The first kappa shape index (κ1) is 120. The average molecular weight is 1990 g/mol. The molecule has 14 nitrogen and oxygen atoms in total. The molecule has 16 heterocycles. The second-order valence-electron chi connectivity index (χ2n) is 49.3. The van der Waals surface area contributed by atoms with Crippen molar-refractivity contribution in [1.82, 2.24) is 63.4 Å². The summed E-state index contributed by atoms with van der Waals surface area (Å²) in [5, 5.41) is 45.7. The Morgan fingerprint density at radius 2 is 0.617 bits per heavy atom. The van der Waals surface area contributed by atoms with Gasteiger partial charge in [-0.15, -0.1) is 0 Å². The zero-order chi connectivity index (χ0) is 91.1.